The van der Waals surface area contributed by atoms with Gasteiger partial charge in [-0.25, -0.2) is 0 Å². The Balaban J connectivity index is 1.06. The molecule has 0 unspecified atom stereocenters. The molecule has 6 heterocycles. The fourth-order valence-electron chi connectivity index (χ4n) is 9.54. The van der Waals surface area contributed by atoms with Crippen molar-refractivity contribution in [1.82, 2.24) is 5.32 Å². The van der Waals surface area contributed by atoms with E-state index in [1.807, 2.05) is 0 Å². The van der Waals surface area contributed by atoms with E-state index >= 15 is 0 Å². The average Bonchev–Trinajstić information content (AvgIpc) is 3.48. The average molecular weight is 1190 g/mol. The van der Waals surface area contributed by atoms with Crippen LogP contribution in [0.15, 0.2) is 12.7 Å². The van der Waals surface area contributed by atoms with Gasteiger partial charge in [0.15, 0.2) is 37.7 Å². The zero-order chi connectivity index (χ0) is 58.9. The van der Waals surface area contributed by atoms with E-state index in [1.54, 1.807) is 0 Å². The molecule has 466 valence electrons. The molecule has 0 radical (unpaired) electrons. The highest BCUT2D eigenvalue weighted by Crippen LogP contribution is 2.36. The summed E-state index contributed by atoms with van der Waals surface area (Å²) in [7, 11) is 0. The number of aliphatic hydroxyl groups is 20. The second kappa shape index (κ2) is 31.1. The second-order valence-electron chi connectivity index (χ2n) is 19.7. The molecule has 6 aliphatic heterocycles. The molecule has 30 atom stereocenters. The van der Waals surface area contributed by atoms with Gasteiger partial charge in [-0.05, 0) is 6.08 Å². The first-order valence-electron chi connectivity index (χ1n) is 25.5. The van der Waals surface area contributed by atoms with Crippen molar-refractivity contribution in [2.24, 2.45) is 5.92 Å². The summed E-state index contributed by atoms with van der Waals surface area (Å²) in [5.74, 6) is -0.749. The van der Waals surface area contributed by atoms with Gasteiger partial charge in [0, 0.05) is 24.0 Å². The van der Waals surface area contributed by atoms with Crippen LogP contribution in [0.25, 0.3) is 0 Å². The molecule has 1 amide bonds. The van der Waals surface area contributed by atoms with E-state index in [0.29, 0.717) is 5.75 Å². The van der Waals surface area contributed by atoms with Gasteiger partial charge in [0.1, 0.15) is 146 Å². The van der Waals surface area contributed by atoms with Crippen molar-refractivity contribution in [1.29, 1.82) is 0 Å². The van der Waals surface area contributed by atoms with E-state index < -0.39 is 236 Å². The highest BCUT2D eigenvalue weighted by molar-refractivity contribution is 7.99. The molecule has 0 aliphatic carbocycles. The second-order valence-corrected chi connectivity index (χ2v) is 20.9. The van der Waals surface area contributed by atoms with Gasteiger partial charge < -0.3 is 164 Å². The normalized spacial score (nSPS) is 46.6. The van der Waals surface area contributed by atoms with E-state index in [-0.39, 0.29) is 25.5 Å². The molecule has 6 rings (SSSR count). The number of amides is 1. The third-order valence-corrected chi connectivity index (χ3v) is 15.4. The molecule has 34 nitrogen and oxygen atoms in total. The first-order chi connectivity index (χ1) is 38.1. The highest BCUT2D eigenvalue weighted by atomic mass is 32.2. The number of hydrogen-bond acceptors (Lipinski definition) is 34. The van der Waals surface area contributed by atoms with Crippen LogP contribution in [0.4, 0.5) is 0 Å². The molecule has 6 aliphatic rings. The van der Waals surface area contributed by atoms with Crippen molar-refractivity contribution < 1.29 is 164 Å². The van der Waals surface area contributed by atoms with E-state index in [1.165, 1.54) is 11.8 Å². The van der Waals surface area contributed by atoms with Crippen LogP contribution in [0.5, 0.6) is 0 Å². The molecular weight excluding hydrogens is 1110 g/mol. The van der Waals surface area contributed by atoms with Crippen molar-refractivity contribution in [3.63, 3.8) is 0 Å². The molecule has 0 saturated carbocycles. The number of carbonyl (C=O) groups excluding carboxylic acids is 1. The number of ether oxygens (including phenoxy) is 12. The molecule has 6 fully saturated rings. The number of rotatable bonds is 26. The predicted molar refractivity (Wildman–Crippen MR) is 254 cm³/mol. The van der Waals surface area contributed by atoms with Crippen molar-refractivity contribution in [2.45, 2.75) is 184 Å². The lowest BCUT2D eigenvalue weighted by atomic mass is 9.96. The van der Waals surface area contributed by atoms with Gasteiger partial charge in [0.05, 0.1) is 52.9 Å². The summed E-state index contributed by atoms with van der Waals surface area (Å²) in [5.41, 5.74) is 0. The van der Waals surface area contributed by atoms with Gasteiger partial charge in [0.2, 0.25) is 5.91 Å². The summed E-state index contributed by atoms with van der Waals surface area (Å²) in [6.07, 6.45) is -53.2. The number of hydrogen-bond donors (Lipinski definition) is 21. The summed E-state index contributed by atoms with van der Waals surface area (Å²) < 4.78 is 67.7. The molecule has 0 aromatic carbocycles. The Hall–Kier alpha value is -1.72. The molecule has 0 aromatic heterocycles. The van der Waals surface area contributed by atoms with E-state index in [0.717, 1.165) is 6.08 Å². The Morgan fingerprint density at radius 2 is 0.688 bits per heavy atom. The summed E-state index contributed by atoms with van der Waals surface area (Å²) >= 11 is 1.26. The minimum atomic E-state index is -2.08. The summed E-state index contributed by atoms with van der Waals surface area (Å²) in [4.78, 5) is 11.7. The first-order valence-corrected chi connectivity index (χ1v) is 26.7. The van der Waals surface area contributed by atoms with Crippen molar-refractivity contribution in [3.8, 4) is 0 Å². The summed E-state index contributed by atoms with van der Waals surface area (Å²) in [5, 5.41) is 214. The molecule has 80 heavy (non-hydrogen) atoms. The first kappa shape index (κ1) is 67.4. The van der Waals surface area contributed by atoms with Crippen LogP contribution in [0.2, 0.25) is 0 Å². The Morgan fingerprint density at radius 3 is 0.988 bits per heavy atom. The van der Waals surface area contributed by atoms with Gasteiger partial charge in [-0.15, -0.1) is 0 Å². The van der Waals surface area contributed by atoms with Gasteiger partial charge in [-0.3, -0.25) is 4.79 Å². The number of thioether (sulfide) groups is 1. The summed E-state index contributed by atoms with van der Waals surface area (Å²) in [6.45, 7) is -2.57. The lowest BCUT2D eigenvalue weighted by Gasteiger charge is -2.48. The van der Waals surface area contributed by atoms with E-state index in [4.69, 9.17) is 56.8 Å². The Kier molecular flexibility index (Phi) is 26.2. The minimum Gasteiger partial charge on any atom is -0.394 e. The van der Waals surface area contributed by atoms with Gasteiger partial charge in [0.25, 0.3) is 0 Å². The topological polar surface area (TPSA) is 544 Å². The molecular formula is C45H77NO33S. The third kappa shape index (κ3) is 15.6. The SMILES string of the molecule is C=CC(=O)NCCSCC(CO[C@@H]1O[C@H](CO)[C@@H](O[C@H]2O[C@H](CO)[C@H](O[C@H]3O[C@H](CO)[C@H](O)[C@H](O)[C@H]3O)[C@H](O)[C@H]2O)[C@H](O)[C@H]1O)CO[C@@H]1O[C@H](CO)[C@@H](O[C@H]2O[C@H](CO)[C@H](O[C@H]3O[C@H](CO)[C@H](O)[C@H](O)[C@H]3O)[C@H](O)[C@H]2O)[C@H](O)[C@H]1O. The van der Waals surface area contributed by atoms with Crippen LogP contribution >= 0.6 is 11.8 Å². The molecule has 35 heteroatoms. The standard InChI is InChI=1S/C45H77NO33S/c1-2-21(53)46-3-4-80-13-14(11-68-40-32(64)26(58)36(17(7-49)72-40)78-44-34(66)28(60)38(19(9-51)74-44)76-42-30(62)24(56)22(54)15(5-47)70-42)12-69-41-33(65)27(59)37(18(8-50)73-41)79-45-35(67)29(61)39(20(10-52)75-45)77-43-31(63)25(57)23(55)16(6-48)71-43/h2,14-20,22-45,47-52,54-67H,1,3-13H2,(H,46,53)/t15-,16-,17-,18-,19-,20-,22+,23+,24+,25+,26-,27-,28-,29-,30-,31-,32-,33-,34-,35-,36-,37-,38+,39+,40-,41-,42-,43-,44-,45-/m1/s1. The van der Waals surface area contributed by atoms with Crippen LogP contribution in [0, 0.1) is 5.92 Å². The maximum absolute atomic E-state index is 11.7. The lowest BCUT2D eigenvalue weighted by Crippen LogP contribution is -2.66. The van der Waals surface area contributed by atoms with Gasteiger partial charge >= 0.3 is 0 Å². The molecule has 6 saturated heterocycles. The Bertz CT molecular complexity index is 1740. The molecule has 0 spiro atoms. The largest absolute Gasteiger partial charge is 0.394 e. The molecule has 0 bridgehead atoms. The highest BCUT2D eigenvalue weighted by Gasteiger charge is 2.56. The number of aliphatic hydroxyl groups excluding tert-OH is 20. The number of carbonyl (C=O) groups is 1. The quantitative estimate of drug-likeness (QED) is 0.0282. The van der Waals surface area contributed by atoms with E-state index in [2.05, 4.69) is 11.9 Å². The molecule has 0 aromatic rings. The van der Waals surface area contributed by atoms with E-state index in [9.17, 15) is 107 Å². The van der Waals surface area contributed by atoms with Crippen molar-refractivity contribution >= 4 is 17.7 Å². The van der Waals surface area contributed by atoms with Crippen LogP contribution in [0.3, 0.4) is 0 Å². The zero-order valence-electron chi connectivity index (χ0n) is 42.6. The maximum Gasteiger partial charge on any atom is 0.243 e. The predicted octanol–water partition coefficient (Wildman–Crippen LogP) is -13.4. The monoisotopic (exact) mass is 1190 g/mol. The fourth-order valence-corrected chi connectivity index (χ4v) is 10.5. The van der Waals surface area contributed by atoms with Crippen LogP contribution in [-0.4, -0.2) is 363 Å². The fraction of sp³-hybridized carbons (Fsp3) is 0.933. The Labute approximate surface area is 459 Å². The molecule has 21 N–H and O–H groups in total. The third-order valence-electron chi connectivity index (χ3n) is 14.2. The van der Waals surface area contributed by atoms with Gasteiger partial charge in [-0.2, -0.15) is 11.8 Å². The van der Waals surface area contributed by atoms with Crippen molar-refractivity contribution in [3.05, 3.63) is 12.7 Å². The smallest absolute Gasteiger partial charge is 0.243 e. The van der Waals surface area contributed by atoms with Crippen LogP contribution < -0.4 is 5.32 Å². The lowest BCUT2D eigenvalue weighted by molar-refractivity contribution is -0.380. The minimum absolute atomic E-state index is 0.143. The summed E-state index contributed by atoms with van der Waals surface area (Å²) in [6, 6.07) is 0. The number of nitrogens with one attached hydrogen (secondary N) is 1. The van der Waals surface area contributed by atoms with Crippen LogP contribution in [0.1, 0.15) is 0 Å². The maximum atomic E-state index is 11.7. The van der Waals surface area contributed by atoms with Crippen LogP contribution in [-0.2, 0) is 61.6 Å². The van der Waals surface area contributed by atoms with Gasteiger partial charge in [-0.1, -0.05) is 6.58 Å². The Morgan fingerprint density at radius 1 is 0.412 bits per heavy atom. The van der Waals surface area contributed by atoms with Crippen molar-refractivity contribution in [2.75, 3.05) is 70.9 Å². The zero-order valence-corrected chi connectivity index (χ0v) is 43.4.